The van der Waals surface area contributed by atoms with Gasteiger partial charge < -0.3 is 0 Å². The smallest absolute Gasteiger partial charge is 0.147 e. The molecule has 0 aliphatic heterocycles. The van der Waals surface area contributed by atoms with Crippen molar-refractivity contribution in [2.24, 2.45) is 0 Å². The number of fused-ring (bicyclic) bond motifs is 2. The Labute approximate surface area is 122 Å². The van der Waals surface area contributed by atoms with Crippen LogP contribution in [0.25, 0.3) is 21.0 Å². The second-order valence-electron chi connectivity index (χ2n) is 3.79. The molecule has 1 aromatic rings. The number of hydrogen-bond acceptors (Lipinski definition) is 0. The SMILES string of the molecule is CC1=c2cc3c(cc2[C]([Zr])=C1)=CC=C3.Cl.Cl. The van der Waals surface area contributed by atoms with E-state index < -0.39 is 0 Å². The predicted molar refractivity (Wildman–Crippen MR) is 70.7 cm³/mol. The van der Waals surface area contributed by atoms with Gasteiger partial charge in [-0.1, -0.05) is 0 Å². The van der Waals surface area contributed by atoms with Gasteiger partial charge >= 0.3 is 98.5 Å². The van der Waals surface area contributed by atoms with Crippen molar-refractivity contribution >= 4 is 45.8 Å². The first-order valence-electron chi connectivity index (χ1n) is 4.73. The summed E-state index contributed by atoms with van der Waals surface area (Å²) in [5, 5.41) is 2.79. The zero-order valence-electron chi connectivity index (χ0n) is 8.78. The Hall–Kier alpha value is -0.0969. The van der Waals surface area contributed by atoms with E-state index in [-0.39, 0.29) is 24.8 Å². The number of benzene rings is 1. The van der Waals surface area contributed by atoms with Crippen LogP contribution in [0.1, 0.15) is 18.1 Å². The molecule has 0 nitrogen and oxygen atoms in total. The predicted octanol–water partition coefficient (Wildman–Crippen LogP) is 2.41. The fourth-order valence-corrected chi connectivity index (χ4v) is 3.14. The van der Waals surface area contributed by atoms with E-state index in [1.807, 2.05) is 0 Å². The van der Waals surface area contributed by atoms with Crippen molar-refractivity contribution in [2.45, 2.75) is 6.92 Å². The van der Waals surface area contributed by atoms with Crippen molar-refractivity contribution in [3.8, 4) is 0 Å². The third-order valence-corrected chi connectivity index (χ3v) is 3.87. The normalized spacial score (nSPS) is 14.2. The van der Waals surface area contributed by atoms with E-state index >= 15 is 0 Å². The van der Waals surface area contributed by atoms with Crippen LogP contribution in [-0.2, 0) is 24.7 Å². The summed E-state index contributed by atoms with van der Waals surface area (Å²) in [6.45, 7) is 2.20. The minimum absolute atomic E-state index is 0. The van der Waals surface area contributed by atoms with Gasteiger partial charge in [-0.2, -0.15) is 0 Å². The zero-order valence-corrected chi connectivity index (χ0v) is 12.9. The van der Waals surface area contributed by atoms with Crippen molar-refractivity contribution in [3.05, 3.63) is 45.8 Å². The molecule has 81 valence electrons. The van der Waals surface area contributed by atoms with E-state index in [4.69, 9.17) is 0 Å². The first-order valence-corrected chi connectivity index (χ1v) is 5.96. The molecule has 16 heavy (non-hydrogen) atoms. The largest absolute Gasteiger partial charge is 0.147 e. The molecule has 0 N–H and O–H groups in total. The summed E-state index contributed by atoms with van der Waals surface area (Å²) in [5.41, 5.74) is 4.22. The summed E-state index contributed by atoms with van der Waals surface area (Å²) in [6.07, 6.45) is 8.81. The molecule has 0 bridgehead atoms. The summed E-state index contributed by atoms with van der Waals surface area (Å²) >= 11 is 1.51. The Kier molecular flexibility index (Phi) is 4.40. The molecule has 0 heterocycles. The summed E-state index contributed by atoms with van der Waals surface area (Å²) in [4.78, 5) is 0. The van der Waals surface area contributed by atoms with E-state index in [1.165, 1.54) is 55.1 Å². The van der Waals surface area contributed by atoms with Crippen LogP contribution in [-0.4, -0.2) is 0 Å². The maximum Gasteiger partial charge on any atom is -0.147 e. The fourth-order valence-electron chi connectivity index (χ4n) is 2.10. The Balaban J connectivity index is 0.000000640. The van der Waals surface area contributed by atoms with Gasteiger partial charge in [0.1, 0.15) is 0 Å². The molecule has 3 heteroatoms. The second-order valence-corrected chi connectivity index (χ2v) is 5.12. The molecule has 0 aromatic heterocycles. The van der Waals surface area contributed by atoms with Crippen molar-refractivity contribution in [3.63, 3.8) is 0 Å². The molecule has 1 aromatic carbocycles. The molecule has 2 aliphatic rings. The third-order valence-electron chi connectivity index (χ3n) is 2.85. The van der Waals surface area contributed by atoms with Crippen molar-refractivity contribution in [1.82, 2.24) is 0 Å². The summed E-state index contributed by atoms with van der Waals surface area (Å²) in [5.74, 6) is 0. The standard InChI is InChI=1S/C13H9.2ClH.Zr/c1-9-5-6-12-7-10-3-2-4-11(10)8-13(9)12;;;/h2-5,7-8H,1H3;2*1H;. The van der Waals surface area contributed by atoms with Gasteiger partial charge in [0.05, 0.1) is 0 Å². The third kappa shape index (κ3) is 2.01. The average Bonchev–Trinajstić information content (AvgIpc) is 2.70. The van der Waals surface area contributed by atoms with Crippen LogP contribution >= 0.6 is 24.8 Å². The van der Waals surface area contributed by atoms with E-state index in [0.29, 0.717) is 0 Å². The molecular weight excluding hydrogens is 318 g/mol. The molecular formula is C13H11Cl2Zr. The maximum atomic E-state index is 2.32. The second kappa shape index (κ2) is 5.04. The molecule has 0 saturated carbocycles. The number of rotatable bonds is 0. The van der Waals surface area contributed by atoms with Crippen LogP contribution in [0.5, 0.6) is 0 Å². The quantitative estimate of drug-likeness (QED) is 0.686. The minimum Gasteiger partial charge on any atom is -0.147 e. The minimum atomic E-state index is 0. The van der Waals surface area contributed by atoms with Crippen LogP contribution in [0, 0.1) is 0 Å². The van der Waals surface area contributed by atoms with Gasteiger partial charge in [0.15, 0.2) is 0 Å². The van der Waals surface area contributed by atoms with E-state index in [1.54, 1.807) is 0 Å². The Morgan fingerprint density at radius 2 is 1.88 bits per heavy atom. The molecule has 0 atom stereocenters. The van der Waals surface area contributed by atoms with E-state index in [9.17, 15) is 0 Å². The first kappa shape index (κ1) is 14.0. The monoisotopic (exact) mass is 327 g/mol. The maximum absolute atomic E-state index is 2.32. The molecule has 3 rings (SSSR count). The van der Waals surface area contributed by atoms with E-state index in [2.05, 4.69) is 43.4 Å². The Morgan fingerprint density at radius 3 is 2.62 bits per heavy atom. The number of halogens is 2. The molecule has 0 saturated heterocycles. The number of allylic oxidation sites excluding steroid dienone is 2. The van der Waals surface area contributed by atoms with Gasteiger partial charge in [-0.05, 0) is 0 Å². The summed E-state index contributed by atoms with van der Waals surface area (Å²) < 4.78 is 1.48. The van der Waals surface area contributed by atoms with Crippen LogP contribution in [0.3, 0.4) is 0 Å². The molecule has 2 aliphatic carbocycles. The van der Waals surface area contributed by atoms with Gasteiger partial charge in [0.25, 0.3) is 0 Å². The van der Waals surface area contributed by atoms with Crippen molar-refractivity contribution < 1.29 is 24.7 Å². The van der Waals surface area contributed by atoms with Crippen LogP contribution in [0.15, 0.2) is 24.3 Å². The van der Waals surface area contributed by atoms with Crippen LogP contribution in [0.2, 0.25) is 0 Å². The fraction of sp³-hybridized carbons (Fsp3) is 0.0769. The van der Waals surface area contributed by atoms with Gasteiger partial charge in [-0.15, -0.1) is 24.8 Å². The van der Waals surface area contributed by atoms with Gasteiger partial charge in [0, 0.05) is 0 Å². The van der Waals surface area contributed by atoms with Crippen molar-refractivity contribution in [2.75, 3.05) is 0 Å². The Bertz CT molecular complexity index is 610. The summed E-state index contributed by atoms with van der Waals surface area (Å²) in [7, 11) is 0. The first-order chi connectivity index (χ1) is 6.75. The molecule has 0 fully saturated rings. The van der Waals surface area contributed by atoms with Crippen LogP contribution < -0.4 is 10.4 Å². The summed E-state index contributed by atoms with van der Waals surface area (Å²) in [6, 6.07) is 4.63. The number of hydrogen-bond donors (Lipinski definition) is 0. The molecule has 0 spiro atoms. The van der Waals surface area contributed by atoms with Gasteiger partial charge in [-0.3, -0.25) is 0 Å². The average molecular weight is 329 g/mol. The molecule has 0 amide bonds. The van der Waals surface area contributed by atoms with Gasteiger partial charge in [0.2, 0.25) is 0 Å². The zero-order chi connectivity index (χ0) is 9.71. The van der Waals surface area contributed by atoms with Gasteiger partial charge in [-0.25, -0.2) is 0 Å². The molecule has 0 radical (unpaired) electrons. The molecule has 0 unspecified atom stereocenters. The van der Waals surface area contributed by atoms with Crippen LogP contribution in [0.4, 0.5) is 0 Å². The van der Waals surface area contributed by atoms with E-state index in [0.717, 1.165) is 0 Å². The topological polar surface area (TPSA) is 0 Å². The Morgan fingerprint density at radius 1 is 1.12 bits per heavy atom. The van der Waals surface area contributed by atoms with Crippen molar-refractivity contribution in [1.29, 1.82) is 0 Å².